The van der Waals surface area contributed by atoms with Crippen LogP contribution >= 0.6 is 0 Å². The Balaban J connectivity index is 2.14. The van der Waals surface area contributed by atoms with Crippen molar-refractivity contribution < 1.29 is 5.11 Å². The number of allylic oxidation sites excluding steroid dienone is 1. The maximum Gasteiger partial charge on any atom is 0.0514 e. The lowest BCUT2D eigenvalue weighted by Crippen LogP contribution is -2.26. The van der Waals surface area contributed by atoms with Crippen LogP contribution in [0.3, 0.4) is 0 Å². The third kappa shape index (κ3) is 1.23. The van der Waals surface area contributed by atoms with Crippen LogP contribution in [-0.4, -0.2) is 24.3 Å². The summed E-state index contributed by atoms with van der Waals surface area (Å²) in [5.41, 5.74) is 8.61. The first-order chi connectivity index (χ1) is 5.81. The number of aliphatic hydroxyl groups excluding tert-OH is 1. The van der Waals surface area contributed by atoms with Gasteiger partial charge in [0.25, 0.3) is 0 Å². The van der Waals surface area contributed by atoms with Gasteiger partial charge in [0.15, 0.2) is 0 Å². The van der Waals surface area contributed by atoms with Gasteiger partial charge in [0.1, 0.15) is 0 Å². The van der Waals surface area contributed by atoms with E-state index in [1.54, 1.807) is 0 Å². The van der Waals surface area contributed by atoms with Crippen molar-refractivity contribution in [2.75, 3.05) is 13.2 Å². The maximum absolute atomic E-state index is 9.08. The monoisotopic (exact) mass is 168 g/mol. The van der Waals surface area contributed by atoms with Crippen LogP contribution in [-0.2, 0) is 0 Å². The van der Waals surface area contributed by atoms with E-state index in [1.807, 2.05) is 0 Å². The molecule has 0 radical (unpaired) electrons. The number of rotatable bonds is 1. The highest BCUT2D eigenvalue weighted by Crippen LogP contribution is 2.31. The van der Waals surface area contributed by atoms with Crippen LogP contribution in [0.25, 0.3) is 0 Å². The minimum Gasteiger partial charge on any atom is -0.396 e. The van der Waals surface area contributed by atoms with Gasteiger partial charge < -0.3 is 16.2 Å². The fraction of sp³-hybridized carbons (Fsp3) is 0.778. The van der Waals surface area contributed by atoms with Gasteiger partial charge in [-0.15, -0.1) is 0 Å². The number of hydrogen-bond acceptors (Lipinski definition) is 3. The van der Waals surface area contributed by atoms with Crippen LogP contribution in [0, 0.1) is 5.92 Å². The Morgan fingerprint density at radius 2 is 2.42 bits per heavy atom. The van der Waals surface area contributed by atoms with Gasteiger partial charge in [-0.05, 0) is 24.8 Å². The van der Waals surface area contributed by atoms with E-state index >= 15 is 0 Å². The maximum atomic E-state index is 9.08. The highest BCUT2D eigenvalue weighted by atomic mass is 16.3. The first-order valence-corrected chi connectivity index (χ1v) is 4.63. The molecule has 0 unspecified atom stereocenters. The molecule has 2 atom stereocenters. The Bertz CT molecular complexity index is 213. The van der Waals surface area contributed by atoms with E-state index in [9.17, 15) is 0 Å². The molecule has 3 heteroatoms. The van der Waals surface area contributed by atoms with Crippen molar-refractivity contribution in [3.63, 3.8) is 0 Å². The molecule has 3 nitrogen and oxygen atoms in total. The number of nitrogens with two attached hydrogens (primary N) is 1. The Hall–Kier alpha value is -0.540. The van der Waals surface area contributed by atoms with E-state index in [4.69, 9.17) is 10.8 Å². The second-order valence-corrected chi connectivity index (χ2v) is 3.77. The zero-order chi connectivity index (χ0) is 8.55. The zero-order valence-electron chi connectivity index (χ0n) is 7.21. The molecular weight excluding hydrogens is 152 g/mol. The normalized spacial score (nSPS) is 34.8. The van der Waals surface area contributed by atoms with E-state index in [0.29, 0.717) is 12.0 Å². The van der Waals surface area contributed by atoms with Gasteiger partial charge in [-0.3, -0.25) is 0 Å². The van der Waals surface area contributed by atoms with Gasteiger partial charge in [0.2, 0.25) is 0 Å². The van der Waals surface area contributed by atoms with E-state index < -0.39 is 0 Å². The summed E-state index contributed by atoms with van der Waals surface area (Å²) in [7, 11) is 0. The van der Waals surface area contributed by atoms with Crippen molar-refractivity contribution in [3.8, 4) is 0 Å². The van der Waals surface area contributed by atoms with E-state index in [2.05, 4.69) is 5.32 Å². The van der Waals surface area contributed by atoms with Crippen LogP contribution in [0.1, 0.15) is 19.3 Å². The summed E-state index contributed by atoms with van der Waals surface area (Å²) < 4.78 is 0. The Labute approximate surface area is 72.6 Å². The highest BCUT2D eigenvalue weighted by molar-refractivity contribution is 5.25. The fourth-order valence-electron chi connectivity index (χ4n) is 2.16. The molecule has 1 heterocycles. The standard InChI is InChI=1S/C9H16N2O/c10-7-1-2-9-8(3-7)6(5-12)4-11-9/h6-7,11-12H,1-5,10H2/t6-,7-/m0/s1. The quantitative estimate of drug-likeness (QED) is 0.515. The van der Waals surface area contributed by atoms with E-state index in [0.717, 1.165) is 25.8 Å². The summed E-state index contributed by atoms with van der Waals surface area (Å²) in [6.07, 6.45) is 3.14. The van der Waals surface area contributed by atoms with Crippen LogP contribution in [0.2, 0.25) is 0 Å². The van der Waals surface area contributed by atoms with Gasteiger partial charge in [-0.2, -0.15) is 0 Å². The lowest BCUT2D eigenvalue weighted by molar-refractivity contribution is 0.248. The summed E-state index contributed by atoms with van der Waals surface area (Å²) in [5, 5.41) is 12.4. The van der Waals surface area contributed by atoms with Crippen molar-refractivity contribution in [2.24, 2.45) is 11.7 Å². The molecule has 0 spiro atoms. The second-order valence-electron chi connectivity index (χ2n) is 3.77. The molecule has 4 N–H and O–H groups in total. The Kier molecular flexibility index (Phi) is 2.07. The summed E-state index contributed by atoms with van der Waals surface area (Å²) in [6.45, 7) is 1.17. The van der Waals surface area contributed by atoms with Crippen molar-refractivity contribution in [3.05, 3.63) is 11.3 Å². The smallest absolute Gasteiger partial charge is 0.0514 e. The summed E-state index contributed by atoms with van der Waals surface area (Å²) in [4.78, 5) is 0. The lowest BCUT2D eigenvalue weighted by atomic mass is 9.88. The number of aliphatic hydroxyl groups is 1. The lowest BCUT2D eigenvalue weighted by Gasteiger charge is -2.21. The van der Waals surface area contributed by atoms with Crippen LogP contribution in [0.5, 0.6) is 0 Å². The average molecular weight is 168 g/mol. The molecule has 1 aliphatic heterocycles. The number of hydrogen-bond donors (Lipinski definition) is 3. The SMILES string of the molecule is N[C@H]1CCC2=C(C1)[C@H](CO)CN2. The molecule has 2 aliphatic rings. The Morgan fingerprint density at radius 1 is 1.58 bits per heavy atom. The topological polar surface area (TPSA) is 58.3 Å². The average Bonchev–Trinajstić information content (AvgIpc) is 2.46. The molecule has 0 saturated carbocycles. The van der Waals surface area contributed by atoms with Crippen molar-refractivity contribution >= 4 is 0 Å². The molecule has 0 saturated heterocycles. The minimum atomic E-state index is 0.262. The summed E-state index contributed by atoms with van der Waals surface area (Å²) in [5.74, 6) is 0.339. The molecule has 0 aromatic heterocycles. The summed E-state index contributed by atoms with van der Waals surface area (Å²) >= 11 is 0. The van der Waals surface area contributed by atoms with E-state index in [1.165, 1.54) is 11.3 Å². The van der Waals surface area contributed by atoms with Crippen molar-refractivity contribution in [2.45, 2.75) is 25.3 Å². The molecule has 12 heavy (non-hydrogen) atoms. The van der Waals surface area contributed by atoms with Crippen LogP contribution in [0.4, 0.5) is 0 Å². The molecule has 0 aromatic carbocycles. The highest BCUT2D eigenvalue weighted by Gasteiger charge is 2.28. The molecule has 0 aromatic rings. The second kappa shape index (κ2) is 3.07. The predicted molar refractivity (Wildman–Crippen MR) is 47.4 cm³/mol. The minimum absolute atomic E-state index is 0.262. The van der Waals surface area contributed by atoms with Gasteiger partial charge in [0, 0.05) is 24.2 Å². The fourth-order valence-corrected chi connectivity index (χ4v) is 2.16. The van der Waals surface area contributed by atoms with Crippen molar-refractivity contribution in [1.82, 2.24) is 5.32 Å². The molecule has 68 valence electrons. The van der Waals surface area contributed by atoms with Gasteiger partial charge in [-0.25, -0.2) is 0 Å². The first kappa shape index (κ1) is 8.08. The zero-order valence-corrected chi connectivity index (χ0v) is 7.21. The van der Waals surface area contributed by atoms with Crippen molar-refractivity contribution in [1.29, 1.82) is 0 Å². The number of nitrogens with one attached hydrogen (secondary N) is 1. The largest absolute Gasteiger partial charge is 0.396 e. The molecule has 0 bridgehead atoms. The molecule has 0 fully saturated rings. The predicted octanol–water partition coefficient (Wildman–Crippen LogP) is -0.0366. The van der Waals surface area contributed by atoms with Crippen LogP contribution < -0.4 is 11.1 Å². The molecule has 1 aliphatic carbocycles. The molecule has 0 amide bonds. The van der Waals surface area contributed by atoms with E-state index in [-0.39, 0.29) is 6.61 Å². The first-order valence-electron chi connectivity index (χ1n) is 4.63. The van der Waals surface area contributed by atoms with Gasteiger partial charge in [0.05, 0.1) is 6.61 Å². The third-order valence-corrected chi connectivity index (χ3v) is 2.91. The Morgan fingerprint density at radius 3 is 3.17 bits per heavy atom. The van der Waals surface area contributed by atoms with Gasteiger partial charge in [-0.1, -0.05) is 0 Å². The molecular formula is C9H16N2O. The van der Waals surface area contributed by atoms with Crippen LogP contribution in [0.15, 0.2) is 11.3 Å². The molecule has 2 rings (SSSR count). The third-order valence-electron chi connectivity index (χ3n) is 2.91. The van der Waals surface area contributed by atoms with Gasteiger partial charge >= 0.3 is 0 Å². The summed E-state index contributed by atoms with van der Waals surface area (Å²) in [6, 6.07) is 0.317.